The Morgan fingerprint density at radius 2 is 2.00 bits per heavy atom. The quantitative estimate of drug-likeness (QED) is 0.477. The van der Waals surface area contributed by atoms with Gasteiger partial charge in [0.25, 0.3) is 11.2 Å². The number of anilines is 1. The molecule has 30 heavy (non-hydrogen) atoms. The lowest BCUT2D eigenvalue weighted by atomic mass is 9.95. The molecule has 2 aromatic carbocycles. The van der Waals surface area contributed by atoms with E-state index in [2.05, 4.69) is 39.2 Å². The largest absolute Gasteiger partial charge is 0.378 e. The second-order valence-electron chi connectivity index (χ2n) is 7.90. The van der Waals surface area contributed by atoms with Crippen molar-refractivity contribution in [3.63, 3.8) is 0 Å². The molecule has 1 aliphatic heterocycles. The Morgan fingerprint density at radius 1 is 1.27 bits per heavy atom. The number of likely N-dealkylation sites (tertiary alicyclic amines) is 1. The summed E-state index contributed by atoms with van der Waals surface area (Å²) in [6.45, 7) is 4.80. The minimum Gasteiger partial charge on any atom is -0.378 e. The zero-order valence-corrected chi connectivity index (χ0v) is 16.9. The number of aromatic nitrogens is 2. The van der Waals surface area contributed by atoms with Crippen molar-refractivity contribution in [3.05, 3.63) is 74.8 Å². The number of aromatic amines is 1. The third kappa shape index (κ3) is 4.18. The predicted octanol–water partition coefficient (Wildman–Crippen LogP) is 3.72. The highest BCUT2D eigenvalue weighted by Gasteiger charge is 2.26. The molecule has 0 bridgehead atoms. The van der Waals surface area contributed by atoms with Gasteiger partial charge in [0.2, 0.25) is 0 Å². The lowest BCUT2D eigenvalue weighted by molar-refractivity contribution is -0.383. The van der Waals surface area contributed by atoms with Gasteiger partial charge in [-0.05, 0) is 43.5 Å². The second-order valence-corrected chi connectivity index (χ2v) is 7.90. The minimum absolute atomic E-state index is 0.0983. The van der Waals surface area contributed by atoms with Gasteiger partial charge in [0, 0.05) is 12.6 Å². The SMILES string of the molecule is CC1CCN(C(CNc2cc3nc[nH]c(=O)c3cc2[N+](=O)[O-])c2ccccc2)CC1. The van der Waals surface area contributed by atoms with Crippen LogP contribution in [0.2, 0.25) is 0 Å². The minimum atomic E-state index is -0.464. The van der Waals surface area contributed by atoms with E-state index in [4.69, 9.17) is 0 Å². The highest BCUT2D eigenvalue weighted by molar-refractivity contribution is 5.86. The molecular weight excluding hydrogens is 382 g/mol. The van der Waals surface area contributed by atoms with Crippen LogP contribution in [-0.4, -0.2) is 39.4 Å². The standard InChI is InChI=1S/C22H25N5O3/c1-15-7-9-26(10-8-15)21(16-5-3-2-4-6-16)13-23-19-12-18-17(11-20(19)27(29)30)22(28)25-14-24-18/h2-6,11-12,14-15,21,23H,7-10,13H2,1H3,(H,24,25,28). The van der Waals surface area contributed by atoms with Crippen LogP contribution in [-0.2, 0) is 0 Å². The maximum absolute atomic E-state index is 12.0. The summed E-state index contributed by atoms with van der Waals surface area (Å²) >= 11 is 0. The van der Waals surface area contributed by atoms with Gasteiger partial charge in [-0.3, -0.25) is 19.8 Å². The van der Waals surface area contributed by atoms with Crippen molar-refractivity contribution in [1.82, 2.24) is 14.9 Å². The fourth-order valence-electron chi connectivity index (χ4n) is 4.08. The van der Waals surface area contributed by atoms with Crippen molar-refractivity contribution in [3.8, 4) is 0 Å². The summed E-state index contributed by atoms with van der Waals surface area (Å²) < 4.78 is 0. The zero-order chi connectivity index (χ0) is 21.1. The highest BCUT2D eigenvalue weighted by Crippen LogP contribution is 2.31. The Bertz CT molecular complexity index is 1090. The summed E-state index contributed by atoms with van der Waals surface area (Å²) in [7, 11) is 0. The Balaban J connectivity index is 1.64. The first kappa shape index (κ1) is 20.0. The summed E-state index contributed by atoms with van der Waals surface area (Å²) in [6, 6.07) is 13.2. The molecule has 0 amide bonds. The fourth-order valence-corrected chi connectivity index (χ4v) is 4.08. The van der Waals surface area contributed by atoms with Gasteiger partial charge < -0.3 is 10.3 Å². The molecule has 0 spiro atoms. The molecule has 1 aromatic heterocycles. The molecule has 2 heterocycles. The van der Waals surface area contributed by atoms with Crippen molar-refractivity contribution in [1.29, 1.82) is 0 Å². The van der Waals surface area contributed by atoms with Gasteiger partial charge in [-0.2, -0.15) is 0 Å². The van der Waals surface area contributed by atoms with Crippen LogP contribution in [0.25, 0.3) is 10.9 Å². The topological polar surface area (TPSA) is 104 Å². The van der Waals surface area contributed by atoms with Crippen LogP contribution in [0.15, 0.2) is 53.6 Å². The number of nitro groups is 1. The summed E-state index contributed by atoms with van der Waals surface area (Å²) in [5.41, 5.74) is 1.46. The number of benzene rings is 2. The molecule has 3 aromatic rings. The molecule has 1 saturated heterocycles. The molecular formula is C22H25N5O3. The number of nitro benzene ring substituents is 1. The number of rotatable bonds is 6. The van der Waals surface area contributed by atoms with E-state index in [1.54, 1.807) is 6.07 Å². The smallest absolute Gasteiger partial charge is 0.293 e. The highest BCUT2D eigenvalue weighted by atomic mass is 16.6. The number of piperidine rings is 1. The Labute approximate surface area is 174 Å². The Morgan fingerprint density at radius 3 is 2.70 bits per heavy atom. The number of fused-ring (bicyclic) bond motifs is 1. The third-order valence-corrected chi connectivity index (χ3v) is 5.88. The van der Waals surface area contributed by atoms with E-state index in [0.29, 0.717) is 17.7 Å². The molecule has 1 atom stereocenters. The second kappa shape index (κ2) is 8.62. The van der Waals surface area contributed by atoms with Crippen LogP contribution in [0.3, 0.4) is 0 Å². The maximum Gasteiger partial charge on any atom is 0.293 e. The number of nitrogens with one attached hydrogen (secondary N) is 2. The van der Waals surface area contributed by atoms with Crippen molar-refractivity contribution < 1.29 is 4.92 Å². The van der Waals surface area contributed by atoms with E-state index >= 15 is 0 Å². The molecule has 0 aliphatic carbocycles. The van der Waals surface area contributed by atoms with Crippen LogP contribution in [0, 0.1) is 16.0 Å². The van der Waals surface area contributed by atoms with E-state index in [9.17, 15) is 14.9 Å². The van der Waals surface area contributed by atoms with E-state index < -0.39 is 4.92 Å². The molecule has 0 radical (unpaired) electrons. The zero-order valence-electron chi connectivity index (χ0n) is 16.9. The first-order chi connectivity index (χ1) is 14.5. The fraction of sp³-hybridized carbons (Fsp3) is 0.364. The first-order valence-corrected chi connectivity index (χ1v) is 10.2. The van der Waals surface area contributed by atoms with Crippen LogP contribution in [0.1, 0.15) is 31.4 Å². The van der Waals surface area contributed by atoms with E-state index in [1.165, 1.54) is 18.0 Å². The normalized spacial score (nSPS) is 16.4. The van der Waals surface area contributed by atoms with Gasteiger partial charge in [-0.1, -0.05) is 37.3 Å². The molecule has 0 saturated carbocycles. The van der Waals surface area contributed by atoms with Gasteiger partial charge in [-0.25, -0.2) is 4.98 Å². The number of hydrogen-bond donors (Lipinski definition) is 2. The van der Waals surface area contributed by atoms with Crippen molar-refractivity contribution in [2.75, 3.05) is 25.0 Å². The third-order valence-electron chi connectivity index (χ3n) is 5.88. The summed E-state index contributed by atoms with van der Waals surface area (Å²) in [5, 5.41) is 15.1. The lowest BCUT2D eigenvalue weighted by Gasteiger charge is -2.37. The average molecular weight is 407 g/mol. The van der Waals surface area contributed by atoms with Gasteiger partial charge in [0.1, 0.15) is 5.69 Å². The van der Waals surface area contributed by atoms with E-state index in [0.717, 1.165) is 31.8 Å². The van der Waals surface area contributed by atoms with Gasteiger partial charge in [0.05, 0.1) is 28.2 Å². The number of nitrogens with zero attached hydrogens (tertiary/aromatic N) is 3. The lowest BCUT2D eigenvalue weighted by Crippen LogP contribution is -2.39. The molecule has 1 aliphatic rings. The monoisotopic (exact) mass is 407 g/mol. The summed E-state index contributed by atoms with van der Waals surface area (Å²) in [4.78, 5) is 32.3. The Kier molecular flexibility index (Phi) is 5.76. The van der Waals surface area contributed by atoms with Crippen LogP contribution in [0.5, 0.6) is 0 Å². The van der Waals surface area contributed by atoms with Gasteiger partial charge >= 0.3 is 0 Å². The van der Waals surface area contributed by atoms with Crippen LogP contribution >= 0.6 is 0 Å². The van der Waals surface area contributed by atoms with Gasteiger partial charge in [-0.15, -0.1) is 0 Å². The summed E-state index contributed by atoms with van der Waals surface area (Å²) in [5.74, 6) is 0.719. The molecule has 1 unspecified atom stereocenters. The van der Waals surface area contributed by atoms with Gasteiger partial charge in [0.15, 0.2) is 0 Å². The van der Waals surface area contributed by atoms with Crippen LogP contribution < -0.4 is 10.9 Å². The van der Waals surface area contributed by atoms with Crippen molar-refractivity contribution >= 4 is 22.3 Å². The molecule has 156 valence electrons. The number of hydrogen-bond acceptors (Lipinski definition) is 6. The number of H-pyrrole nitrogens is 1. The molecule has 8 heteroatoms. The van der Waals surface area contributed by atoms with Crippen molar-refractivity contribution in [2.24, 2.45) is 5.92 Å². The van der Waals surface area contributed by atoms with E-state index in [-0.39, 0.29) is 22.7 Å². The maximum atomic E-state index is 12.0. The van der Waals surface area contributed by atoms with E-state index in [1.807, 2.05) is 18.2 Å². The average Bonchev–Trinajstić information content (AvgIpc) is 2.75. The van der Waals surface area contributed by atoms with Crippen LogP contribution in [0.4, 0.5) is 11.4 Å². The molecule has 1 fully saturated rings. The Hall–Kier alpha value is -3.26. The first-order valence-electron chi connectivity index (χ1n) is 10.2. The summed E-state index contributed by atoms with van der Waals surface area (Å²) in [6.07, 6.45) is 3.60. The predicted molar refractivity (Wildman–Crippen MR) is 117 cm³/mol. The molecule has 8 nitrogen and oxygen atoms in total. The van der Waals surface area contributed by atoms with Crippen molar-refractivity contribution in [2.45, 2.75) is 25.8 Å². The molecule has 2 N–H and O–H groups in total. The molecule has 4 rings (SSSR count).